The van der Waals surface area contributed by atoms with Crippen LogP contribution in [0.1, 0.15) is 49.6 Å². The number of hydrogen-bond donors (Lipinski definition) is 4. The molecule has 0 spiro atoms. The van der Waals surface area contributed by atoms with Crippen LogP contribution in [0.5, 0.6) is 5.75 Å². The van der Waals surface area contributed by atoms with E-state index in [4.69, 9.17) is 4.74 Å². The SMILES string of the molecule is CCc1cnnn1C[C@@H]1NC(=O)[C@@H](C(C)C)NC(=O)C(Cc2cccc(C(F)(F)F)c2)NCCOc2ccccc2CCCNC1=O. The molecule has 2 aromatic carbocycles. The molecule has 1 unspecified atom stereocenters. The summed E-state index contributed by atoms with van der Waals surface area (Å²) in [6.07, 6.45) is -1.19. The molecule has 3 atom stereocenters. The number of amides is 3. The average Bonchev–Trinajstić information content (AvgIpc) is 3.49. The highest BCUT2D eigenvalue weighted by atomic mass is 19.4. The Hall–Kier alpha value is -4.46. The maximum Gasteiger partial charge on any atom is 0.416 e. The largest absolute Gasteiger partial charge is 0.492 e. The third-order valence-corrected chi connectivity index (χ3v) is 7.95. The Bertz CT molecular complexity index is 1510. The van der Waals surface area contributed by atoms with Gasteiger partial charge in [-0.15, -0.1) is 5.10 Å². The van der Waals surface area contributed by atoms with Crippen molar-refractivity contribution in [1.29, 1.82) is 0 Å². The normalized spacial score (nSPS) is 20.7. The van der Waals surface area contributed by atoms with Crippen LogP contribution < -0.4 is 26.0 Å². The van der Waals surface area contributed by atoms with E-state index in [1.54, 1.807) is 24.7 Å². The van der Waals surface area contributed by atoms with Crippen LogP contribution in [-0.4, -0.2) is 70.5 Å². The Morgan fingerprint density at radius 1 is 0.979 bits per heavy atom. The van der Waals surface area contributed by atoms with Crippen LogP contribution in [0.2, 0.25) is 0 Å². The summed E-state index contributed by atoms with van der Waals surface area (Å²) in [5.41, 5.74) is 1.18. The molecule has 3 amide bonds. The van der Waals surface area contributed by atoms with Crippen molar-refractivity contribution in [2.24, 2.45) is 5.92 Å². The first kappa shape index (κ1) is 35.4. The van der Waals surface area contributed by atoms with E-state index in [2.05, 4.69) is 31.6 Å². The number of ether oxygens (including phenoxy) is 1. The van der Waals surface area contributed by atoms with E-state index in [1.807, 2.05) is 31.2 Å². The molecule has 0 saturated carbocycles. The van der Waals surface area contributed by atoms with Gasteiger partial charge in [0.25, 0.3) is 0 Å². The molecule has 0 radical (unpaired) electrons. The number of fused-ring (bicyclic) bond motifs is 1. The molecule has 2 heterocycles. The van der Waals surface area contributed by atoms with Crippen molar-refractivity contribution in [3.8, 4) is 5.75 Å². The van der Waals surface area contributed by atoms with Crippen LogP contribution in [0.4, 0.5) is 13.2 Å². The van der Waals surface area contributed by atoms with Crippen molar-refractivity contribution < 1.29 is 32.3 Å². The molecular weight excluding hydrogens is 615 g/mol. The smallest absolute Gasteiger partial charge is 0.416 e. The van der Waals surface area contributed by atoms with E-state index >= 15 is 0 Å². The number of alkyl halides is 3. The summed E-state index contributed by atoms with van der Waals surface area (Å²) < 4.78 is 47.9. The summed E-state index contributed by atoms with van der Waals surface area (Å²) in [4.78, 5) is 40.8. The van der Waals surface area contributed by atoms with Gasteiger partial charge in [0.05, 0.1) is 30.0 Å². The first-order chi connectivity index (χ1) is 22.5. The number of aromatic nitrogens is 3. The average molecular weight is 658 g/mol. The van der Waals surface area contributed by atoms with E-state index < -0.39 is 47.6 Å². The van der Waals surface area contributed by atoms with Crippen molar-refractivity contribution in [1.82, 2.24) is 36.3 Å². The second-order valence-electron chi connectivity index (χ2n) is 11.8. The zero-order chi connectivity index (χ0) is 34.0. The van der Waals surface area contributed by atoms with Gasteiger partial charge < -0.3 is 26.0 Å². The summed E-state index contributed by atoms with van der Waals surface area (Å²) in [5.74, 6) is -1.31. The van der Waals surface area contributed by atoms with Gasteiger partial charge in [0.15, 0.2) is 0 Å². The van der Waals surface area contributed by atoms with Crippen LogP contribution in [0.25, 0.3) is 0 Å². The standard InChI is InChI=1S/C33H42F3N7O4/c1-4-25-19-39-42-43(25)20-27-30(44)38-14-8-11-23-10-5-6-13-28(23)47-16-15-37-26(31(45)41-29(21(2)3)32(46)40-27)18-22-9-7-12-24(17-22)33(34,35)36/h5-7,9-10,12-13,17,19,21,26-27,29,37H,4,8,11,14-16,18,20H2,1-3H3,(H,38,44)(H,40,46)(H,41,45)/t26?,27-,29+/m0/s1. The quantitative estimate of drug-likeness (QED) is 0.320. The summed E-state index contributed by atoms with van der Waals surface area (Å²) >= 11 is 0. The molecule has 1 aliphatic rings. The fourth-order valence-electron chi connectivity index (χ4n) is 5.35. The van der Waals surface area contributed by atoms with Gasteiger partial charge in [0.2, 0.25) is 17.7 Å². The van der Waals surface area contributed by atoms with Gasteiger partial charge in [-0.05, 0) is 54.9 Å². The predicted molar refractivity (Wildman–Crippen MR) is 168 cm³/mol. The minimum Gasteiger partial charge on any atom is -0.492 e. The van der Waals surface area contributed by atoms with Crippen molar-refractivity contribution in [3.63, 3.8) is 0 Å². The Balaban J connectivity index is 1.63. The number of nitrogens with zero attached hydrogens (tertiary/aromatic N) is 3. The fraction of sp³-hybridized carbons (Fsp3) is 0.485. The van der Waals surface area contributed by atoms with E-state index in [0.29, 0.717) is 37.1 Å². The number of rotatable bonds is 6. The number of carbonyl (C=O) groups excluding carboxylic acids is 3. The summed E-state index contributed by atoms with van der Waals surface area (Å²) in [5, 5.41) is 19.6. The van der Waals surface area contributed by atoms with Crippen LogP contribution in [0.3, 0.4) is 0 Å². The van der Waals surface area contributed by atoms with Crippen LogP contribution in [0.15, 0.2) is 54.7 Å². The van der Waals surface area contributed by atoms with Crippen LogP contribution in [0, 0.1) is 5.92 Å². The number of halogens is 3. The van der Waals surface area contributed by atoms with E-state index in [1.165, 1.54) is 12.1 Å². The molecule has 254 valence electrons. The van der Waals surface area contributed by atoms with Gasteiger partial charge in [-0.1, -0.05) is 62.4 Å². The summed E-state index contributed by atoms with van der Waals surface area (Å²) in [6.45, 7) is 6.18. The van der Waals surface area contributed by atoms with Crippen molar-refractivity contribution >= 4 is 17.7 Å². The van der Waals surface area contributed by atoms with E-state index in [9.17, 15) is 27.6 Å². The van der Waals surface area contributed by atoms with E-state index in [0.717, 1.165) is 23.4 Å². The molecule has 0 aliphatic carbocycles. The van der Waals surface area contributed by atoms with Gasteiger partial charge in [-0.3, -0.25) is 14.4 Å². The highest BCUT2D eigenvalue weighted by Gasteiger charge is 2.33. The number of aryl methyl sites for hydroxylation is 2. The summed E-state index contributed by atoms with van der Waals surface area (Å²) in [6, 6.07) is 9.23. The Morgan fingerprint density at radius 3 is 2.51 bits per heavy atom. The number of benzene rings is 2. The highest BCUT2D eigenvalue weighted by Crippen LogP contribution is 2.29. The number of para-hydroxylation sites is 1. The lowest BCUT2D eigenvalue weighted by Crippen LogP contribution is -2.59. The Morgan fingerprint density at radius 2 is 1.77 bits per heavy atom. The van der Waals surface area contributed by atoms with Gasteiger partial charge in [0.1, 0.15) is 24.4 Å². The lowest BCUT2D eigenvalue weighted by Gasteiger charge is -2.28. The molecule has 11 nitrogen and oxygen atoms in total. The minimum absolute atomic E-state index is 0.0237. The van der Waals surface area contributed by atoms with Crippen LogP contribution >= 0.6 is 0 Å². The van der Waals surface area contributed by atoms with Gasteiger partial charge >= 0.3 is 6.18 Å². The number of carbonyl (C=O) groups is 3. The van der Waals surface area contributed by atoms with Gasteiger partial charge in [-0.25, -0.2) is 4.68 Å². The zero-order valence-electron chi connectivity index (χ0n) is 26.8. The third-order valence-electron chi connectivity index (χ3n) is 7.95. The molecule has 1 aromatic heterocycles. The molecule has 4 N–H and O–H groups in total. The molecule has 47 heavy (non-hydrogen) atoms. The van der Waals surface area contributed by atoms with Gasteiger partial charge in [-0.2, -0.15) is 13.2 Å². The maximum atomic E-state index is 13.7. The molecule has 3 aromatic rings. The Labute approximate surface area is 272 Å². The number of hydrogen-bond acceptors (Lipinski definition) is 7. The third kappa shape index (κ3) is 10.0. The van der Waals surface area contributed by atoms with Crippen molar-refractivity contribution in [2.75, 3.05) is 19.7 Å². The first-order valence-electron chi connectivity index (χ1n) is 15.8. The van der Waals surface area contributed by atoms with E-state index in [-0.39, 0.29) is 32.0 Å². The van der Waals surface area contributed by atoms with Crippen molar-refractivity contribution in [3.05, 3.63) is 77.1 Å². The first-order valence-corrected chi connectivity index (χ1v) is 15.8. The molecule has 1 aliphatic heterocycles. The number of nitrogens with one attached hydrogen (secondary N) is 4. The van der Waals surface area contributed by atoms with Crippen LogP contribution in [-0.2, 0) is 46.4 Å². The lowest BCUT2D eigenvalue weighted by atomic mass is 9.99. The van der Waals surface area contributed by atoms with Crippen molar-refractivity contribution in [2.45, 2.75) is 77.3 Å². The molecule has 0 bridgehead atoms. The molecule has 4 rings (SSSR count). The Kier molecular flexibility index (Phi) is 12.3. The molecule has 0 saturated heterocycles. The molecular formula is C33H42F3N7O4. The second kappa shape index (κ2) is 16.4. The lowest BCUT2D eigenvalue weighted by molar-refractivity contribution is -0.137. The monoisotopic (exact) mass is 657 g/mol. The topological polar surface area (TPSA) is 139 Å². The highest BCUT2D eigenvalue weighted by molar-refractivity contribution is 5.93. The second-order valence-corrected chi connectivity index (χ2v) is 11.8. The zero-order valence-corrected chi connectivity index (χ0v) is 26.8. The van der Waals surface area contributed by atoms with Gasteiger partial charge in [0, 0.05) is 13.1 Å². The fourth-order valence-corrected chi connectivity index (χ4v) is 5.35. The predicted octanol–water partition coefficient (Wildman–Crippen LogP) is 2.83. The minimum atomic E-state index is -4.54. The maximum absolute atomic E-state index is 13.7. The molecule has 0 fully saturated rings. The summed E-state index contributed by atoms with van der Waals surface area (Å²) in [7, 11) is 0. The molecule has 14 heteroatoms.